The van der Waals surface area contributed by atoms with Crippen LogP contribution in [0.3, 0.4) is 0 Å². The summed E-state index contributed by atoms with van der Waals surface area (Å²) in [5.41, 5.74) is 1.44. The molecule has 1 N–H and O–H groups in total. The highest BCUT2D eigenvalue weighted by molar-refractivity contribution is 5.65. The zero-order chi connectivity index (χ0) is 14.3. The zero-order valence-electron chi connectivity index (χ0n) is 11.7. The molecular weight excluding hydrogens is 256 g/mol. The molecule has 1 aromatic rings. The van der Waals surface area contributed by atoms with E-state index in [-0.39, 0.29) is 10.6 Å². The second-order valence-electron chi connectivity index (χ2n) is 6.01. The van der Waals surface area contributed by atoms with Gasteiger partial charge in [-0.25, -0.2) is 0 Å². The van der Waals surface area contributed by atoms with Crippen LogP contribution in [0.1, 0.15) is 44.3 Å². The SMILES string of the molecule is C[C@@H](O)c1ccc(N(CC2CC2)C2CC2)c([N+](=O)[O-])c1. The number of nitro benzene ring substituents is 1. The standard InChI is InChI=1S/C15H20N2O3/c1-10(18)12-4-7-14(15(8-12)17(19)20)16(13-5-6-13)9-11-2-3-11/h4,7-8,10-11,13,18H,2-3,5-6,9H2,1H3/t10-/m1/s1. The number of rotatable bonds is 6. The summed E-state index contributed by atoms with van der Waals surface area (Å²) in [6.45, 7) is 2.56. The van der Waals surface area contributed by atoms with Gasteiger partial charge in [0.2, 0.25) is 0 Å². The van der Waals surface area contributed by atoms with Gasteiger partial charge in [-0.05, 0) is 50.2 Å². The monoisotopic (exact) mass is 276 g/mol. The van der Waals surface area contributed by atoms with E-state index in [1.165, 1.54) is 18.9 Å². The molecule has 0 radical (unpaired) electrons. The number of benzene rings is 1. The first kappa shape index (κ1) is 13.4. The van der Waals surface area contributed by atoms with Crippen LogP contribution >= 0.6 is 0 Å². The van der Waals surface area contributed by atoms with Crippen molar-refractivity contribution in [2.24, 2.45) is 5.92 Å². The van der Waals surface area contributed by atoms with Gasteiger partial charge in [-0.2, -0.15) is 0 Å². The molecule has 2 aliphatic rings. The molecule has 0 saturated heterocycles. The first-order valence-electron chi connectivity index (χ1n) is 7.29. The number of aliphatic hydroxyl groups excluding tert-OH is 1. The van der Waals surface area contributed by atoms with Crippen LogP contribution in [0.5, 0.6) is 0 Å². The highest BCUT2D eigenvalue weighted by Gasteiger charge is 2.36. The van der Waals surface area contributed by atoms with Crippen molar-refractivity contribution in [3.8, 4) is 0 Å². The lowest BCUT2D eigenvalue weighted by molar-refractivity contribution is -0.384. The van der Waals surface area contributed by atoms with Gasteiger partial charge in [0.15, 0.2) is 0 Å². The van der Waals surface area contributed by atoms with Crippen LogP contribution < -0.4 is 4.90 Å². The highest BCUT2D eigenvalue weighted by atomic mass is 16.6. The molecule has 2 saturated carbocycles. The van der Waals surface area contributed by atoms with E-state index >= 15 is 0 Å². The van der Waals surface area contributed by atoms with Gasteiger partial charge in [0.1, 0.15) is 5.69 Å². The minimum absolute atomic E-state index is 0.121. The lowest BCUT2D eigenvalue weighted by Gasteiger charge is -2.24. The summed E-state index contributed by atoms with van der Waals surface area (Å²) < 4.78 is 0. The molecule has 20 heavy (non-hydrogen) atoms. The van der Waals surface area contributed by atoms with E-state index in [2.05, 4.69) is 4.90 Å². The lowest BCUT2D eigenvalue weighted by atomic mass is 10.1. The quantitative estimate of drug-likeness (QED) is 0.640. The Morgan fingerprint density at radius 2 is 2.10 bits per heavy atom. The molecule has 3 rings (SSSR count). The molecule has 1 atom stereocenters. The largest absolute Gasteiger partial charge is 0.389 e. The molecule has 0 aromatic heterocycles. The van der Waals surface area contributed by atoms with Gasteiger partial charge in [-0.1, -0.05) is 6.07 Å². The van der Waals surface area contributed by atoms with Crippen molar-refractivity contribution < 1.29 is 10.0 Å². The van der Waals surface area contributed by atoms with Crippen LogP contribution in [-0.2, 0) is 0 Å². The maximum atomic E-state index is 11.3. The van der Waals surface area contributed by atoms with Crippen LogP contribution in [0.4, 0.5) is 11.4 Å². The van der Waals surface area contributed by atoms with Crippen LogP contribution in [0.25, 0.3) is 0 Å². The number of hydrogen-bond acceptors (Lipinski definition) is 4. The number of anilines is 1. The van der Waals surface area contributed by atoms with Crippen LogP contribution in [0.15, 0.2) is 18.2 Å². The van der Waals surface area contributed by atoms with E-state index in [0.29, 0.717) is 23.2 Å². The Labute approximate surface area is 118 Å². The zero-order valence-corrected chi connectivity index (χ0v) is 11.7. The minimum Gasteiger partial charge on any atom is -0.389 e. The Kier molecular flexibility index (Phi) is 3.38. The minimum atomic E-state index is -0.680. The molecule has 0 unspecified atom stereocenters. The second-order valence-corrected chi connectivity index (χ2v) is 6.01. The second kappa shape index (κ2) is 5.05. The number of aliphatic hydroxyl groups is 1. The summed E-state index contributed by atoms with van der Waals surface area (Å²) >= 11 is 0. The summed E-state index contributed by atoms with van der Waals surface area (Å²) in [4.78, 5) is 13.2. The van der Waals surface area contributed by atoms with Crippen molar-refractivity contribution in [2.45, 2.75) is 44.8 Å². The highest BCUT2D eigenvalue weighted by Crippen LogP contribution is 2.41. The van der Waals surface area contributed by atoms with Gasteiger partial charge in [0.25, 0.3) is 5.69 Å². The maximum absolute atomic E-state index is 11.3. The van der Waals surface area contributed by atoms with Crippen molar-refractivity contribution in [3.63, 3.8) is 0 Å². The van der Waals surface area contributed by atoms with E-state index in [1.54, 1.807) is 19.1 Å². The molecule has 1 aromatic carbocycles. The normalized spacial score (nSPS) is 19.7. The molecule has 2 fully saturated rings. The summed E-state index contributed by atoms with van der Waals surface area (Å²) in [5, 5.41) is 20.9. The predicted molar refractivity (Wildman–Crippen MR) is 76.8 cm³/mol. The molecule has 0 aliphatic heterocycles. The molecule has 5 heteroatoms. The van der Waals surface area contributed by atoms with E-state index < -0.39 is 6.10 Å². The van der Waals surface area contributed by atoms with Crippen LogP contribution in [0, 0.1) is 16.0 Å². The fourth-order valence-electron chi connectivity index (χ4n) is 2.60. The summed E-state index contributed by atoms with van der Waals surface area (Å²) in [5.74, 6) is 0.701. The molecule has 2 aliphatic carbocycles. The molecule has 0 spiro atoms. The number of hydrogen-bond donors (Lipinski definition) is 1. The summed E-state index contributed by atoms with van der Waals surface area (Å²) in [6, 6.07) is 5.59. The van der Waals surface area contributed by atoms with Gasteiger partial charge in [-0.3, -0.25) is 10.1 Å². The van der Waals surface area contributed by atoms with Crippen LogP contribution in [0.2, 0.25) is 0 Å². The van der Waals surface area contributed by atoms with Gasteiger partial charge in [-0.15, -0.1) is 0 Å². The molecule has 5 nitrogen and oxygen atoms in total. The Hall–Kier alpha value is -1.62. The molecule has 0 bridgehead atoms. The summed E-state index contributed by atoms with van der Waals surface area (Å²) in [6.07, 6.45) is 4.05. The Balaban J connectivity index is 1.94. The van der Waals surface area contributed by atoms with Crippen molar-refractivity contribution >= 4 is 11.4 Å². The van der Waals surface area contributed by atoms with E-state index in [4.69, 9.17) is 0 Å². The van der Waals surface area contributed by atoms with Gasteiger partial charge in [0.05, 0.1) is 11.0 Å². The molecule has 0 amide bonds. The fourth-order valence-corrected chi connectivity index (χ4v) is 2.60. The smallest absolute Gasteiger partial charge is 0.292 e. The lowest BCUT2D eigenvalue weighted by Crippen LogP contribution is -2.28. The topological polar surface area (TPSA) is 66.6 Å². The molecular formula is C15H20N2O3. The van der Waals surface area contributed by atoms with Crippen molar-refractivity contribution in [1.29, 1.82) is 0 Å². The average molecular weight is 276 g/mol. The summed E-state index contributed by atoms with van der Waals surface area (Å²) in [7, 11) is 0. The Morgan fingerprint density at radius 1 is 1.40 bits per heavy atom. The third kappa shape index (κ3) is 2.77. The van der Waals surface area contributed by atoms with Crippen molar-refractivity contribution in [2.75, 3.05) is 11.4 Å². The Bertz CT molecular complexity index is 522. The van der Waals surface area contributed by atoms with Crippen molar-refractivity contribution in [1.82, 2.24) is 0 Å². The van der Waals surface area contributed by atoms with Gasteiger partial charge >= 0.3 is 0 Å². The number of nitrogens with zero attached hydrogens (tertiary/aromatic N) is 2. The average Bonchev–Trinajstić information content (AvgIpc) is 3.26. The van der Waals surface area contributed by atoms with Crippen LogP contribution in [-0.4, -0.2) is 22.6 Å². The predicted octanol–water partition coefficient (Wildman–Crippen LogP) is 3.03. The molecule has 0 heterocycles. The van der Waals surface area contributed by atoms with E-state index in [1.807, 2.05) is 0 Å². The third-order valence-corrected chi connectivity index (χ3v) is 4.13. The van der Waals surface area contributed by atoms with Gasteiger partial charge < -0.3 is 10.0 Å². The maximum Gasteiger partial charge on any atom is 0.292 e. The number of nitro groups is 1. The van der Waals surface area contributed by atoms with Gasteiger partial charge in [0, 0.05) is 18.7 Å². The first-order valence-corrected chi connectivity index (χ1v) is 7.29. The first-order chi connectivity index (χ1) is 9.56. The molecule has 108 valence electrons. The van der Waals surface area contributed by atoms with Crippen molar-refractivity contribution in [3.05, 3.63) is 33.9 Å². The van der Waals surface area contributed by atoms with E-state index in [0.717, 1.165) is 19.4 Å². The third-order valence-electron chi connectivity index (χ3n) is 4.13. The Morgan fingerprint density at radius 3 is 2.60 bits per heavy atom. The fraction of sp³-hybridized carbons (Fsp3) is 0.600. The van der Waals surface area contributed by atoms with E-state index in [9.17, 15) is 15.2 Å².